The summed E-state index contributed by atoms with van der Waals surface area (Å²) in [5.41, 5.74) is 11.8. The molecule has 0 aliphatic rings. The van der Waals surface area contributed by atoms with Crippen LogP contribution in [0.1, 0.15) is 16.9 Å². The standard InChI is InChI=1S/C10H16N4O/c1-14(6-2-5-11)10(15)9-4-3-8(12)7-13-9/h3-4,7H,2,5-6,11-12H2,1H3. The van der Waals surface area contributed by atoms with E-state index < -0.39 is 0 Å². The minimum atomic E-state index is -0.108. The van der Waals surface area contributed by atoms with Gasteiger partial charge in [-0.3, -0.25) is 4.79 Å². The Hall–Kier alpha value is -1.62. The lowest BCUT2D eigenvalue weighted by Crippen LogP contribution is -2.29. The summed E-state index contributed by atoms with van der Waals surface area (Å²) in [6.07, 6.45) is 2.27. The Morgan fingerprint density at radius 3 is 2.80 bits per heavy atom. The number of aromatic nitrogens is 1. The third kappa shape index (κ3) is 3.21. The molecule has 1 heterocycles. The maximum Gasteiger partial charge on any atom is 0.272 e. The molecule has 1 aromatic rings. The van der Waals surface area contributed by atoms with Gasteiger partial charge in [0.15, 0.2) is 0 Å². The summed E-state index contributed by atoms with van der Waals surface area (Å²) < 4.78 is 0. The molecule has 0 spiro atoms. The zero-order valence-corrected chi connectivity index (χ0v) is 8.81. The van der Waals surface area contributed by atoms with Crippen LogP contribution in [0.2, 0.25) is 0 Å². The first kappa shape index (κ1) is 11.5. The van der Waals surface area contributed by atoms with Crippen molar-refractivity contribution in [2.24, 2.45) is 5.73 Å². The Balaban J connectivity index is 2.63. The average molecular weight is 208 g/mol. The smallest absolute Gasteiger partial charge is 0.272 e. The molecule has 0 atom stereocenters. The fourth-order valence-corrected chi connectivity index (χ4v) is 1.16. The van der Waals surface area contributed by atoms with Gasteiger partial charge in [0.2, 0.25) is 0 Å². The third-order valence-electron chi connectivity index (χ3n) is 2.05. The Kier molecular flexibility index (Phi) is 4.05. The van der Waals surface area contributed by atoms with Crippen LogP contribution in [0.25, 0.3) is 0 Å². The van der Waals surface area contributed by atoms with Gasteiger partial charge in [-0.05, 0) is 25.1 Å². The van der Waals surface area contributed by atoms with Gasteiger partial charge in [-0.25, -0.2) is 4.98 Å². The van der Waals surface area contributed by atoms with Crippen LogP contribution in [0.4, 0.5) is 5.69 Å². The minimum Gasteiger partial charge on any atom is -0.397 e. The van der Waals surface area contributed by atoms with Crippen LogP contribution in [0, 0.1) is 0 Å². The molecule has 82 valence electrons. The van der Waals surface area contributed by atoms with Crippen LogP contribution in [0.5, 0.6) is 0 Å². The SMILES string of the molecule is CN(CCCN)C(=O)c1ccc(N)cn1. The number of anilines is 1. The normalized spacial score (nSPS) is 10.0. The van der Waals surface area contributed by atoms with E-state index in [1.54, 1.807) is 24.1 Å². The number of rotatable bonds is 4. The second kappa shape index (κ2) is 5.31. The van der Waals surface area contributed by atoms with Gasteiger partial charge in [0.1, 0.15) is 5.69 Å². The molecule has 0 aliphatic carbocycles. The van der Waals surface area contributed by atoms with Gasteiger partial charge in [0, 0.05) is 13.6 Å². The van der Waals surface area contributed by atoms with Crippen molar-refractivity contribution in [2.45, 2.75) is 6.42 Å². The monoisotopic (exact) mass is 208 g/mol. The maximum absolute atomic E-state index is 11.7. The number of carbonyl (C=O) groups excluding carboxylic acids is 1. The molecule has 0 saturated heterocycles. The van der Waals surface area contributed by atoms with Crippen molar-refractivity contribution in [1.82, 2.24) is 9.88 Å². The minimum absolute atomic E-state index is 0.108. The molecule has 15 heavy (non-hydrogen) atoms. The second-order valence-corrected chi connectivity index (χ2v) is 3.35. The molecule has 5 heteroatoms. The first-order chi connectivity index (χ1) is 7.15. The van der Waals surface area contributed by atoms with E-state index in [1.165, 1.54) is 6.20 Å². The second-order valence-electron chi connectivity index (χ2n) is 3.35. The molecular formula is C10H16N4O. The van der Waals surface area contributed by atoms with Crippen LogP contribution in [-0.4, -0.2) is 35.9 Å². The van der Waals surface area contributed by atoms with E-state index in [0.717, 1.165) is 6.42 Å². The van der Waals surface area contributed by atoms with E-state index >= 15 is 0 Å². The molecule has 0 saturated carbocycles. The summed E-state index contributed by atoms with van der Waals surface area (Å²) >= 11 is 0. The number of carbonyl (C=O) groups is 1. The number of nitrogens with zero attached hydrogens (tertiary/aromatic N) is 2. The molecule has 0 bridgehead atoms. The van der Waals surface area contributed by atoms with E-state index in [9.17, 15) is 4.79 Å². The lowest BCUT2D eigenvalue weighted by molar-refractivity contribution is 0.0788. The number of hydrogen-bond donors (Lipinski definition) is 2. The highest BCUT2D eigenvalue weighted by molar-refractivity contribution is 5.92. The van der Waals surface area contributed by atoms with Crippen molar-refractivity contribution < 1.29 is 4.79 Å². The van der Waals surface area contributed by atoms with Gasteiger partial charge >= 0.3 is 0 Å². The van der Waals surface area contributed by atoms with Crippen molar-refractivity contribution in [1.29, 1.82) is 0 Å². The molecule has 0 aromatic carbocycles. The van der Waals surface area contributed by atoms with Gasteiger partial charge in [-0.1, -0.05) is 0 Å². The summed E-state index contributed by atoms with van der Waals surface area (Å²) in [4.78, 5) is 17.3. The molecule has 5 nitrogen and oxygen atoms in total. The lowest BCUT2D eigenvalue weighted by atomic mass is 10.3. The van der Waals surface area contributed by atoms with Crippen LogP contribution in [0.3, 0.4) is 0 Å². The molecule has 1 rings (SSSR count). The van der Waals surface area contributed by atoms with Crippen molar-refractivity contribution >= 4 is 11.6 Å². The number of hydrogen-bond acceptors (Lipinski definition) is 4. The lowest BCUT2D eigenvalue weighted by Gasteiger charge is -2.15. The molecule has 1 amide bonds. The van der Waals surface area contributed by atoms with E-state index in [-0.39, 0.29) is 5.91 Å². The molecule has 0 aliphatic heterocycles. The molecule has 0 fully saturated rings. The van der Waals surface area contributed by atoms with E-state index in [4.69, 9.17) is 11.5 Å². The van der Waals surface area contributed by atoms with Crippen LogP contribution in [0.15, 0.2) is 18.3 Å². The quantitative estimate of drug-likeness (QED) is 0.734. The highest BCUT2D eigenvalue weighted by Crippen LogP contribution is 2.04. The molecule has 0 radical (unpaired) electrons. The summed E-state index contributed by atoms with van der Waals surface area (Å²) in [7, 11) is 1.73. The van der Waals surface area contributed by atoms with Crippen molar-refractivity contribution in [3.05, 3.63) is 24.0 Å². The Morgan fingerprint density at radius 1 is 1.53 bits per heavy atom. The summed E-state index contributed by atoms with van der Waals surface area (Å²) in [6, 6.07) is 3.29. The van der Waals surface area contributed by atoms with Crippen molar-refractivity contribution in [2.75, 3.05) is 25.9 Å². The van der Waals surface area contributed by atoms with Gasteiger partial charge < -0.3 is 16.4 Å². The molecule has 4 N–H and O–H groups in total. The summed E-state index contributed by atoms with van der Waals surface area (Å²) in [5, 5.41) is 0. The zero-order chi connectivity index (χ0) is 11.3. The van der Waals surface area contributed by atoms with Gasteiger partial charge in [0.05, 0.1) is 11.9 Å². The first-order valence-corrected chi connectivity index (χ1v) is 4.82. The zero-order valence-electron chi connectivity index (χ0n) is 8.81. The number of nitrogen functional groups attached to an aromatic ring is 1. The topological polar surface area (TPSA) is 85.2 Å². The average Bonchev–Trinajstić information content (AvgIpc) is 2.26. The Labute approximate surface area is 89.1 Å². The Bertz CT molecular complexity index is 323. The predicted octanol–water partition coefficient (Wildman–Crippen LogP) is 0.0846. The van der Waals surface area contributed by atoms with Gasteiger partial charge in [0.25, 0.3) is 5.91 Å². The fraction of sp³-hybridized carbons (Fsp3) is 0.400. The van der Waals surface area contributed by atoms with E-state index in [0.29, 0.717) is 24.5 Å². The van der Waals surface area contributed by atoms with Gasteiger partial charge in [-0.2, -0.15) is 0 Å². The van der Waals surface area contributed by atoms with Crippen LogP contribution in [-0.2, 0) is 0 Å². The third-order valence-corrected chi connectivity index (χ3v) is 2.05. The summed E-state index contributed by atoms with van der Waals surface area (Å²) in [6.45, 7) is 1.22. The van der Waals surface area contributed by atoms with Crippen LogP contribution >= 0.6 is 0 Å². The highest BCUT2D eigenvalue weighted by Gasteiger charge is 2.11. The number of pyridine rings is 1. The summed E-state index contributed by atoms with van der Waals surface area (Å²) in [5.74, 6) is -0.108. The van der Waals surface area contributed by atoms with Crippen molar-refractivity contribution in [3.63, 3.8) is 0 Å². The number of nitrogens with two attached hydrogens (primary N) is 2. The fourth-order valence-electron chi connectivity index (χ4n) is 1.16. The van der Waals surface area contributed by atoms with Crippen LogP contribution < -0.4 is 11.5 Å². The van der Waals surface area contributed by atoms with Gasteiger partial charge in [-0.15, -0.1) is 0 Å². The van der Waals surface area contributed by atoms with E-state index in [2.05, 4.69) is 4.98 Å². The maximum atomic E-state index is 11.7. The molecule has 0 unspecified atom stereocenters. The van der Waals surface area contributed by atoms with E-state index in [1.807, 2.05) is 0 Å². The van der Waals surface area contributed by atoms with Crippen molar-refractivity contribution in [3.8, 4) is 0 Å². The Morgan fingerprint density at radius 2 is 2.27 bits per heavy atom. The molecular weight excluding hydrogens is 192 g/mol. The molecule has 1 aromatic heterocycles. The highest BCUT2D eigenvalue weighted by atomic mass is 16.2. The number of amides is 1. The first-order valence-electron chi connectivity index (χ1n) is 4.82. The predicted molar refractivity (Wildman–Crippen MR) is 59.3 cm³/mol. The largest absolute Gasteiger partial charge is 0.397 e.